The van der Waals surface area contributed by atoms with E-state index in [0.717, 1.165) is 5.71 Å². The number of aliphatic imine (C=N–C) groups is 1. The summed E-state index contributed by atoms with van der Waals surface area (Å²) in [6, 6.07) is 0.170. The van der Waals surface area contributed by atoms with Crippen molar-refractivity contribution in [3.8, 4) is 0 Å². The lowest BCUT2D eigenvalue weighted by atomic mass is 10.00. The standard InChI is InChI=1S/C8H16N2/c1-5-10-8(4)6(2)7(3)9/h5-7H,1,9H2,2-4H3/b10-8-. The Bertz CT molecular complexity index is 136. The molecule has 2 heteroatoms. The fourth-order valence-corrected chi connectivity index (χ4v) is 0.642. The molecule has 2 nitrogen and oxygen atoms in total. The van der Waals surface area contributed by atoms with Crippen LogP contribution in [0.4, 0.5) is 0 Å². The highest BCUT2D eigenvalue weighted by Gasteiger charge is 2.09. The molecule has 0 saturated carbocycles. The third-order valence-electron chi connectivity index (χ3n) is 1.74. The Morgan fingerprint density at radius 2 is 2.10 bits per heavy atom. The second-order valence-electron chi connectivity index (χ2n) is 2.60. The Hall–Kier alpha value is -0.630. The molecule has 0 spiro atoms. The molecule has 0 aromatic heterocycles. The Morgan fingerprint density at radius 1 is 1.60 bits per heavy atom. The lowest BCUT2D eigenvalue weighted by molar-refractivity contribution is 0.611. The zero-order chi connectivity index (χ0) is 8.15. The van der Waals surface area contributed by atoms with Crippen LogP contribution in [0, 0.1) is 5.92 Å². The molecule has 0 heterocycles. The third kappa shape index (κ3) is 2.78. The van der Waals surface area contributed by atoms with Gasteiger partial charge in [-0.2, -0.15) is 0 Å². The SMILES string of the molecule is C=C/N=C(/C)C(C)C(C)N. The van der Waals surface area contributed by atoms with E-state index in [1.54, 1.807) is 6.20 Å². The van der Waals surface area contributed by atoms with E-state index in [9.17, 15) is 0 Å². The first-order chi connectivity index (χ1) is 4.59. The van der Waals surface area contributed by atoms with E-state index in [4.69, 9.17) is 5.73 Å². The Balaban J connectivity index is 4.06. The summed E-state index contributed by atoms with van der Waals surface area (Å²) in [6.45, 7) is 9.52. The van der Waals surface area contributed by atoms with Gasteiger partial charge in [-0.25, -0.2) is 0 Å². The van der Waals surface area contributed by atoms with Crippen LogP contribution in [-0.4, -0.2) is 11.8 Å². The molecular weight excluding hydrogens is 124 g/mol. The molecule has 0 fully saturated rings. The summed E-state index contributed by atoms with van der Waals surface area (Å²) in [6.07, 6.45) is 1.55. The van der Waals surface area contributed by atoms with E-state index in [-0.39, 0.29) is 6.04 Å². The maximum absolute atomic E-state index is 5.65. The Kier molecular flexibility index (Phi) is 3.96. The van der Waals surface area contributed by atoms with Gasteiger partial charge >= 0.3 is 0 Å². The topological polar surface area (TPSA) is 38.4 Å². The first-order valence-electron chi connectivity index (χ1n) is 3.50. The molecule has 0 bridgehead atoms. The van der Waals surface area contributed by atoms with Gasteiger partial charge in [0.15, 0.2) is 0 Å². The Morgan fingerprint density at radius 3 is 2.40 bits per heavy atom. The van der Waals surface area contributed by atoms with Gasteiger partial charge in [0.05, 0.1) is 0 Å². The maximum Gasteiger partial charge on any atom is 0.0195 e. The van der Waals surface area contributed by atoms with Crippen LogP contribution in [-0.2, 0) is 0 Å². The lowest BCUT2D eigenvalue weighted by Crippen LogP contribution is -2.29. The molecule has 0 amide bonds. The van der Waals surface area contributed by atoms with Gasteiger partial charge in [-0.1, -0.05) is 13.5 Å². The fourth-order valence-electron chi connectivity index (χ4n) is 0.642. The molecule has 0 aliphatic heterocycles. The molecule has 58 valence electrons. The summed E-state index contributed by atoms with van der Waals surface area (Å²) in [5.41, 5.74) is 6.70. The van der Waals surface area contributed by atoms with Crippen LogP contribution in [0.2, 0.25) is 0 Å². The van der Waals surface area contributed by atoms with Crippen molar-refractivity contribution in [3.63, 3.8) is 0 Å². The van der Waals surface area contributed by atoms with Crippen LogP contribution in [0.25, 0.3) is 0 Å². The molecule has 2 N–H and O–H groups in total. The van der Waals surface area contributed by atoms with Crippen molar-refractivity contribution >= 4 is 5.71 Å². The first-order valence-corrected chi connectivity index (χ1v) is 3.50. The molecular formula is C8H16N2. The molecule has 0 radical (unpaired) electrons. The van der Waals surface area contributed by atoms with Gasteiger partial charge < -0.3 is 5.73 Å². The Labute approximate surface area is 62.8 Å². The fraction of sp³-hybridized carbons (Fsp3) is 0.625. The summed E-state index contributed by atoms with van der Waals surface area (Å²) < 4.78 is 0. The van der Waals surface area contributed by atoms with Crippen molar-refractivity contribution < 1.29 is 0 Å². The summed E-state index contributed by atoms with van der Waals surface area (Å²) >= 11 is 0. The number of nitrogens with two attached hydrogens (primary N) is 1. The van der Waals surface area contributed by atoms with Crippen LogP contribution in [0.5, 0.6) is 0 Å². The smallest absolute Gasteiger partial charge is 0.0195 e. The number of hydrogen-bond acceptors (Lipinski definition) is 2. The lowest BCUT2D eigenvalue weighted by Gasteiger charge is -2.13. The van der Waals surface area contributed by atoms with E-state index in [0.29, 0.717) is 5.92 Å². The molecule has 0 aliphatic rings. The minimum atomic E-state index is 0.170. The van der Waals surface area contributed by atoms with Crippen molar-refractivity contribution in [2.24, 2.45) is 16.6 Å². The highest BCUT2D eigenvalue weighted by molar-refractivity contribution is 5.85. The van der Waals surface area contributed by atoms with E-state index in [1.165, 1.54) is 0 Å². The molecule has 10 heavy (non-hydrogen) atoms. The highest BCUT2D eigenvalue weighted by atomic mass is 14.7. The predicted molar refractivity (Wildman–Crippen MR) is 46.1 cm³/mol. The largest absolute Gasteiger partial charge is 0.327 e. The quantitative estimate of drug-likeness (QED) is 0.594. The first kappa shape index (κ1) is 9.37. The van der Waals surface area contributed by atoms with Gasteiger partial charge in [0.2, 0.25) is 0 Å². The van der Waals surface area contributed by atoms with Gasteiger partial charge in [0.25, 0.3) is 0 Å². The van der Waals surface area contributed by atoms with Gasteiger partial charge in [0.1, 0.15) is 0 Å². The van der Waals surface area contributed by atoms with Crippen molar-refractivity contribution in [2.45, 2.75) is 26.8 Å². The monoisotopic (exact) mass is 140 g/mol. The molecule has 0 rings (SSSR count). The number of rotatable bonds is 3. The average molecular weight is 140 g/mol. The summed E-state index contributed by atoms with van der Waals surface area (Å²) in [5.74, 6) is 0.345. The van der Waals surface area contributed by atoms with Gasteiger partial charge in [-0.05, 0) is 13.8 Å². The minimum Gasteiger partial charge on any atom is -0.327 e. The van der Waals surface area contributed by atoms with Crippen LogP contribution in [0.3, 0.4) is 0 Å². The van der Waals surface area contributed by atoms with Crippen molar-refractivity contribution in [2.75, 3.05) is 0 Å². The maximum atomic E-state index is 5.65. The van der Waals surface area contributed by atoms with Gasteiger partial charge in [0, 0.05) is 23.9 Å². The normalized spacial score (nSPS) is 18.2. The van der Waals surface area contributed by atoms with Gasteiger partial charge in [-0.3, -0.25) is 4.99 Å². The zero-order valence-corrected chi connectivity index (χ0v) is 6.96. The van der Waals surface area contributed by atoms with Crippen LogP contribution < -0.4 is 5.73 Å². The zero-order valence-electron chi connectivity index (χ0n) is 6.96. The number of nitrogens with zero attached hydrogens (tertiary/aromatic N) is 1. The summed E-state index contributed by atoms with van der Waals surface area (Å²) in [5, 5.41) is 0. The van der Waals surface area contributed by atoms with Crippen molar-refractivity contribution in [1.29, 1.82) is 0 Å². The molecule has 0 aromatic carbocycles. The van der Waals surface area contributed by atoms with Crippen molar-refractivity contribution in [1.82, 2.24) is 0 Å². The molecule has 0 aliphatic carbocycles. The molecule has 0 aromatic rings. The molecule has 2 atom stereocenters. The third-order valence-corrected chi connectivity index (χ3v) is 1.74. The molecule has 0 saturated heterocycles. The second-order valence-corrected chi connectivity index (χ2v) is 2.60. The predicted octanol–water partition coefficient (Wildman–Crippen LogP) is 1.57. The average Bonchev–Trinajstić information content (AvgIpc) is 1.87. The summed E-state index contributed by atoms with van der Waals surface area (Å²) in [7, 11) is 0. The molecule has 2 unspecified atom stereocenters. The van der Waals surface area contributed by atoms with Crippen LogP contribution >= 0.6 is 0 Å². The van der Waals surface area contributed by atoms with E-state index in [1.807, 2.05) is 13.8 Å². The minimum absolute atomic E-state index is 0.170. The summed E-state index contributed by atoms with van der Waals surface area (Å²) in [4.78, 5) is 4.05. The van der Waals surface area contributed by atoms with E-state index < -0.39 is 0 Å². The van der Waals surface area contributed by atoms with E-state index in [2.05, 4.69) is 18.5 Å². The number of hydrogen-bond donors (Lipinski definition) is 1. The van der Waals surface area contributed by atoms with Crippen LogP contribution in [0.1, 0.15) is 20.8 Å². The second kappa shape index (κ2) is 4.23. The van der Waals surface area contributed by atoms with Crippen molar-refractivity contribution in [3.05, 3.63) is 12.8 Å². The van der Waals surface area contributed by atoms with Crippen LogP contribution in [0.15, 0.2) is 17.8 Å². The highest BCUT2D eigenvalue weighted by Crippen LogP contribution is 2.02. The van der Waals surface area contributed by atoms with E-state index >= 15 is 0 Å². The van der Waals surface area contributed by atoms with Gasteiger partial charge in [-0.15, -0.1) is 0 Å².